The van der Waals surface area contributed by atoms with E-state index in [2.05, 4.69) is 4.90 Å². The smallest absolute Gasteiger partial charge is 0.243 e. The van der Waals surface area contributed by atoms with Gasteiger partial charge in [-0.2, -0.15) is 4.31 Å². The summed E-state index contributed by atoms with van der Waals surface area (Å²) in [6.45, 7) is 4.17. The topological polar surface area (TPSA) is 70.2 Å². The first-order valence-corrected chi connectivity index (χ1v) is 11.6. The summed E-state index contributed by atoms with van der Waals surface area (Å²) in [4.78, 5) is 16.8. The number of methoxy groups -OCH3 is 1. The van der Waals surface area contributed by atoms with Crippen molar-refractivity contribution < 1.29 is 17.9 Å². The number of rotatable bonds is 7. The van der Waals surface area contributed by atoms with Crippen LogP contribution in [0.2, 0.25) is 5.02 Å². The number of halogens is 1. The Morgan fingerprint density at radius 2 is 1.77 bits per heavy atom. The standard InChI is InChI=1S/C21H26ClN3O4S/c1-3-25(30(27,28)20-9-7-19(29-2)8-10-20)16-21(26)24-13-11-23(12-14-24)18-6-4-5-17(22)15-18/h4-10,15H,3,11-14,16H2,1-2H3. The highest BCUT2D eigenvalue weighted by Crippen LogP contribution is 2.22. The molecule has 0 unspecified atom stereocenters. The van der Waals surface area contributed by atoms with Crippen LogP contribution >= 0.6 is 11.6 Å². The fraction of sp³-hybridized carbons (Fsp3) is 0.381. The summed E-state index contributed by atoms with van der Waals surface area (Å²) in [7, 11) is -2.24. The summed E-state index contributed by atoms with van der Waals surface area (Å²) in [6.07, 6.45) is 0. The van der Waals surface area contributed by atoms with Crippen molar-refractivity contribution in [3.8, 4) is 5.75 Å². The number of piperazine rings is 1. The Bertz CT molecular complexity index is 974. The molecular weight excluding hydrogens is 426 g/mol. The molecule has 1 aliphatic rings. The largest absolute Gasteiger partial charge is 0.497 e. The molecule has 7 nitrogen and oxygen atoms in total. The van der Waals surface area contributed by atoms with Gasteiger partial charge < -0.3 is 14.5 Å². The maximum absolute atomic E-state index is 12.9. The molecule has 1 heterocycles. The first kappa shape index (κ1) is 22.4. The van der Waals surface area contributed by atoms with Crippen LogP contribution in [0.4, 0.5) is 5.69 Å². The molecule has 0 atom stereocenters. The van der Waals surface area contributed by atoms with Gasteiger partial charge in [0.25, 0.3) is 0 Å². The van der Waals surface area contributed by atoms with Crippen molar-refractivity contribution in [2.24, 2.45) is 0 Å². The molecule has 1 fully saturated rings. The zero-order valence-corrected chi connectivity index (χ0v) is 18.7. The molecule has 0 spiro atoms. The highest BCUT2D eigenvalue weighted by atomic mass is 35.5. The molecule has 3 rings (SSSR count). The average Bonchev–Trinajstić information content (AvgIpc) is 2.77. The van der Waals surface area contributed by atoms with Crippen LogP contribution in [0.1, 0.15) is 6.92 Å². The van der Waals surface area contributed by atoms with Gasteiger partial charge in [-0.1, -0.05) is 24.6 Å². The average molecular weight is 452 g/mol. The van der Waals surface area contributed by atoms with E-state index in [1.165, 1.54) is 23.5 Å². The summed E-state index contributed by atoms with van der Waals surface area (Å²) in [5.41, 5.74) is 1.02. The van der Waals surface area contributed by atoms with Crippen LogP contribution in [0.15, 0.2) is 53.4 Å². The number of likely N-dealkylation sites (N-methyl/N-ethyl adjacent to an activating group) is 1. The van der Waals surface area contributed by atoms with Gasteiger partial charge in [-0.3, -0.25) is 4.79 Å². The third kappa shape index (κ3) is 5.06. The van der Waals surface area contributed by atoms with E-state index in [0.29, 0.717) is 37.0 Å². The Morgan fingerprint density at radius 3 is 2.33 bits per heavy atom. The Balaban J connectivity index is 1.62. The molecule has 1 aliphatic heterocycles. The minimum absolute atomic E-state index is 0.142. The zero-order valence-electron chi connectivity index (χ0n) is 17.1. The third-order valence-electron chi connectivity index (χ3n) is 5.17. The van der Waals surface area contributed by atoms with Crippen LogP contribution in [0.25, 0.3) is 0 Å². The number of hydrogen-bond acceptors (Lipinski definition) is 5. The minimum Gasteiger partial charge on any atom is -0.497 e. The van der Waals surface area contributed by atoms with Gasteiger partial charge in [0.15, 0.2) is 0 Å². The lowest BCUT2D eigenvalue weighted by Crippen LogP contribution is -2.51. The van der Waals surface area contributed by atoms with E-state index in [0.717, 1.165) is 5.69 Å². The number of carbonyl (C=O) groups excluding carboxylic acids is 1. The van der Waals surface area contributed by atoms with Crippen molar-refractivity contribution in [1.29, 1.82) is 0 Å². The monoisotopic (exact) mass is 451 g/mol. The second kappa shape index (κ2) is 9.68. The number of ether oxygens (including phenoxy) is 1. The van der Waals surface area contributed by atoms with Gasteiger partial charge in [0.05, 0.1) is 18.6 Å². The molecule has 1 amide bonds. The molecule has 0 radical (unpaired) electrons. The van der Waals surface area contributed by atoms with Crippen LogP contribution in [0.5, 0.6) is 5.75 Å². The summed E-state index contributed by atoms with van der Waals surface area (Å²) < 4.78 is 32.2. The predicted molar refractivity (Wildman–Crippen MR) is 118 cm³/mol. The van der Waals surface area contributed by atoms with E-state index in [-0.39, 0.29) is 23.9 Å². The molecule has 2 aromatic carbocycles. The predicted octanol–water partition coefficient (Wildman–Crippen LogP) is 2.71. The zero-order chi connectivity index (χ0) is 21.7. The lowest BCUT2D eigenvalue weighted by Gasteiger charge is -2.37. The van der Waals surface area contributed by atoms with E-state index in [4.69, 9.17) is 16.3 Å². The molecule has 0 aliphatic carbocycles. The van der Waals surface area contributed by atoms with Crippen molar-refractivity contribution in [2.75, 3.05) is 51.3 Å². The Morgan fingerprint density at radius 1 is 1.10 bits per heavy atom. The lowest BCUT2D eigenvalue weighted by atomic mass is 10.2. The lowest BCUT2D eigenvalue weighted by molar-refractivity contribution is -0.131. The van der Waals surface area contributed by atoms with Crippen molar-refractivity contribution in [3.05, 3.63) is 53.6 Å². The SMILES string of the molecule is CCN(CC(=O)N1CCN(c2cccc(Cl)c2)CC1)S(=O)(=O)c1ccc(OC)cc1. The Kier molecular flexibility index (Phi) is 7.23. The van der Waals surface area contributed by atoms with Crippen LogP contribution in [0.3, 0.4) is 0 Å². The van der Waals surface area contributed by atoms with Crippen molar-refractivity contribution in [2.45, 2.75) is 11.8 Å². The maximum atomic E-state index is 12.9. The Labute approximate surface area is 182 Å². The molecule has 2 aromatic rings. The number of hydrogen-bond donors (Lipinski definition) is 0. The number of amides is 1. The first-order chi connectivity index (χ1) is 14.3. The number of carbonyl (C=O) groups is 1. The van der Waals surface area contributed by atoms with Crippen LogP contribution in [-0.4, -0.2) is 69.9 Å². The Hall–Kier alpha value is -2.29. The van der Waals surface area contributed by atoms with Gasteiger partial charge in [0.1, 0.15) is 5.75 Å². The normalized spacial score (nSPS) is 14.8. The van der Waals surface area contributed by atoms with E-state index in [1.54, 1.807) is 24.0 Å². The van der Waals surface area contributed by atoms with Gasteiger partial charge in [-0.05, 0) is 42.5 Å². The van der Waals surface area contributed by atoms with Gasteiger partial charge in [-0.25, -0.2) is 8.42 Å². The van der Waals surface area contributed by atoms with Gasteiger partial charge in [0, 0.05) is 43.4 Å². The van der Waals surface area contributed by atoms with E-state index in [1.807, 2.05) is 24.3 Å². The summed E-state index contributed by atoms with van der Waals surface area (Å²) in [6, 6.07) is 13.8. The van der Waals surface area contributed by atoms with Crippen molar-refractivity contribution in [1.82, 2.24) is 9.21 Å². The first-order valence-electron chi connectivity index (χ1n) is 9.77. The number of nitrogens with zero attached hydrogens (tertiary/aromatic N) is 3. The molecular formula is C21H26ClN3O4S. The van der Waals surface area contributed by atoms with E-state index >= 15 is 0 Å². The number of benzene rings is 2. The number of sulfonamides is 1. The fourth-order valence-corrected chi connectivity index (χ4v) is 4.98. The van der Waals surface area contributed by atoms with Crippen molar-refractivity contribution >= 4 is 33.2 Å². The summed E-state index contributed by atoms with van der Waals surface area (Å²) in [5.74, 6) is 0.380. The fourth-order valence-electron chi connectivity index (χ4n) is 3.40. The molecule has 1 saturated heterocycles. The number of anilines is 1. The van der Waals surface area contributed by atoms with Crippen LogP contribution in [-0.2, 0) is 14.8 Å². The second-order valence-corrected chi connectivity index (χ2v) is 9.33. The third-order valence-corrected chi connectivity index (χ3v) is 7.34. The molecule has 0 N–H and O–H groups in total. The maximum Gasteiger partial charge on any atom is 0.243 e. The van der Waals surface area contributed by atoms with Gasteiger partial charge >= 0.3 is 0 Å². The van der Waals surface area contributed by atoms with Crippen LogP contribution < -0.4 is 9.64 Å². The van der Waals surface area contributed by atoms with Gasteiger partial charge in [0.2, 0.25) is 15.9 Å². The highest BCUT2D eigenvalue weighted by molar-refractivity contribution is 7.89. The minimum atomic E-state index is -3.76. The quantitative estimate of drug-likeness (QED) is 0.647. The summed E-state index contributed by atoms with van der Waals surface area (Å²) >= 11 is 6.07. The van der Waals surface area contributed by atoms with Crippen molar-refractivity contribution in [3.63, 3.8) is 0 Å². The molecule has 30 heavy (non-hydrogen) atoms. The van der Waals surface area contributed by atoms with Crippen LogP contribution in [0, 0.1) is 0 Å². The highest BCUT2D eigenvalue weighted by Gasteiger charge is 2.29. The molecule has 9 heteroatoms. The molecule has 162 valence electrons. The molecule has 0 saturated carbocycles. The van der Waals surface area contributed by atoms with E-state index < -0.39 is 10.0 Å². The molecule has 0 bridgehead atoms. The molecule has 0 aromatic heterocycles. The van der Waals surface area contributed by atoms with Gasteiger partial charge in [-0.15, -0.1) is 0 Å². The summed E-state index contributed by atoms with van der Waals surface area (Å²) in [5, 5.41) is 0.674. The second-order valence-electron chi connectivity index (χ2n) is 6.95. The van der Waals surface area contributed by atoms with E-state index in [9.17, 15) is 13.2 Å².